The molecule has 28 heavy (non-hydrogen) atoms. The van der Waals surface area contributed by atoms with Crippen molar-refractivity contribution in [3.8, 4) is 0 Å². The minimum absolute atomic E-state index is 0.241. The van der Waals surface area contributed by atoms with E-state index >= 15 is 0 Å². The van der Waals surface area contributed by atoms with Crippen LogP contribution in [0.3, 0.4) is 0 Å². The van der Waals surface area contributed by atoms with E-state index < -0.39 is 0 Å². The summed E-state index contributed by atoms with van der Waals surface area (Å²) in [7, 11) is 0. The largest absolute Gasteiger partial charge is 0.322 e. The van der Waals surface area contributed by atoms with E-state index in [9.17, 15) is 9.59 Å². The molecule has 0 unspecified atom stereocenters. The summed E-state index contributed by atoms with van der Waals surface area (Å²) < 4.78 is 0. The fraction of sp³-hybridized carbons (Fsp3) is 0.167. The highest BCUT2D eigenvalue weighted by molar-refractivity contribution is 6.12. The van der Waals surface area contributed by atoms with Gasteiger partial charge >= 0.3 is 0 Å². The SMILES string of the molecule is Cc1ccc(C(=O)Nc2ccccc2C(=O)Nc2cccc(C)c2C)cc1C. The lowest BCUT2D eigenvalue weighted by atomic mass is 10.1. The number of rotatable bonds is 4. The van der Waals surface area contributed by atoms with Crippen LogP contribution in [0.25, 0.3) is 0 Å². The molecule has 2 N–H and O–H groups in total. The van der Waals surface area contributed by atoms with Gasteiger partial charge in [-0.25, -0.2) is 0 Å². The first-order valence-electron chi connectivity index (χ1n) is 9.22. The first-order chi connectivity index (χ1) is 13.4. The van der Waals surface area contributed by atoms with E-state index in [0.717, 1.165) is 27.9 Å². The van der Waals surface area contributed by atoms with Crippen LogP contribution < -0.4 is 10.6 Å². The fourth-order valence-corrected chi connectivity index (χ4v) is 2.94. The van der Waals surface area contributed by atoms with E-state index in [-0.39, 0.29) is 11.8 Å². The Kier molecular flexibility index (Phi) is 5.59. The molecule has 2 amide bonds. The van der Waals surface area contributed by atoms with Crippen molar-refractivity contribution in [2.24, 2.45) is 0 Å². The quantitative estimate of drug-likeness (QED) is 0.642. The number of aryl methyl sites for hydroxylation is 3. The van der Waals surface area contributed by atoms with Gasteiger partial charge in [0.25, 0.3) is 11.8 Å². The fourth-order valence-electron chi connectivity index (χ4n) is 2.94. The Labute approximate surface area is 165 Å². The van der Waals surface area contributed by atoms with Crippen molar-refractivity contribution < 1.29 is 9.59 Å². The summed E-state index contributed by atoms with van der Waals surface area (Å²) >= 11 is 0. The Morgan fingerprint density at radius 1 is 0.643 bits per heavy atom. The van der Waals surface area contributed by atoms with Gasteiger partial charge in [-0.3, -0.25) is 9.59 Å². The average molecular weight is 372 g/mol. The van der Waals surface area contributed by atoms with Crippen LogP contribution in [0.2, 0.25) is 0 Å². The van der Waals surface area contributed by atoms with Crippen molar-refractivity contribution in [1.29, 1.82) is 0 Å². The maximum absolute atomic E-state index is 12.9. The van der Waals surface area contributed by atoms with Gasteiger partial charge in [-0.2, -0.15) is 0 Å². The third kappa shape index (κ3) is 4.12. The molecule has 4 heteroatoms. The predicted octanol–water partition coefficient (Wildman–Crippen LogP) is 5.42. The molecule has 0 saturated heterocycles. The van der Waals surface area contributed by atoms with Gasteiger partial charge in [0.05, 0.1) is 11.3 Å². The van der Waals surface area contributed by atoms with Gasteiger partial charge in [-0.15, -0.1) is 0 Å². The monoisotopic (exact) mass is 372 g/mol. The lowest BCUT2D eigenvalue weighted by molar-refractivity contribution is 0.102. The molecule has 0 spiro atoms. The molecule has 0 fully saturated rings. The molecule has 0 radical (unpaired) electrons. The van der Waals surface area contributed by atoms with Crippen LogP contribution in [0.1, 0.15) is 43.0 Å². The minimum atomic E-state index is -0.260. The van der Waals surface area contributed by atoms with Crippen LogP contribution in [0.15, 0.2) is 60.7 Å². The van der Waals surface area contributed by atoms with Gasteiger partial charge in [0, 0.05) is 11.3 Å². The minimum Gasteiger partial charge on any atom is -0.322 e. The molecule has 3 rings (SSSR count). The summed E-state index contributed by atoms with van der Waals surface area (Å²) in [5.74, 6) is -0.500. The molecular formula is C24H24N2O2. The molecule has 0 bridgehead atoms. The Hall–Kier alpha value is -3.40. The van der Waals surface area contributed by atoms with E-state index in [1.807, 2.05) is 58.0 Å². The van der Waals surface area contributed by atoms with Crippen LogP contribution in [-0.4, -0.2) is 11.8 Å². The van der Waals surface area contributed by atoms with Crippen molar-refractivity contribution in [3.63, 3.8) is 0 Å². The number of hydrogen-bond acceptors (Lipinski definition) is 2. The molecule has 0 atom stereocenters. The van der Waals surface area contributed by atoms with Gasteiger partial charge in [0.1, 0.15) is 0 Å². The highest BCUT2D eigenvalue weighted by Crippen LogP contribution is 2.22. The van der Waals surface area contributed by atoms with Crippen molar-refractivity contribution >= 4 is 23.2 Å². The molecule has 142 valence electrons. The number of carbonyl (C=O) groups is 2. The molecule has 4 nitrogen and oxygen atoms in total. The summed E-state index contributed by atoms with van der Waals surface area (Å²) in [6, 6.07) is 18.4. The van der Waals surface area contributed by atoms with Gasteiger partial charge < -0.3 is 10.6 Å². The molecule has 3 aromatic rings. The summed E-state index contributed by atoms with van der Waals surface area (Å²) in [4.78, 5) is 25.5. The summed E-state index contributed by atoms with van der Waals surface area (Å²) in [5.41, 5.74) is 6.53. The topological polar surface area (TPSA) is 58.2 Å². The second kappa shape index (κ2) is 8.09. The standard InChI is InChI=1S/C24H24N2O2/c1-15-12-13-19(14-17(15)3)23(27)26-22-10-6-5-9-20(22)24(28)25-21-11-7-8-16(2)18(21)4/h5-14H,1-4H3,(H,25,28)(H,26,27). The molecule has 0 aliphatic heterocycles. The van der Waals surface area contributed by atoms with Gasteiger partial charge in [0.15, 0.2) is 0 Å². The third-order valence-electron chi connectivity index (χ3n) is 5.04. The number of para-hydroxylation sites is 1. The van der Waals surface area contributed by atoms with Gasteiger partial charge in [0.2, 0.25) is 0 Å². The van der Waals surface area contributed by atoms with Crippen LogP contribution >= 0.6 is 0 Å². The summed E-state index contributed by atoms with van der Waals surface area (Å²) in [6.45, 7) is 7.95. The molecular weight excluding hydrogens is 348 g/mol. The second-order valence-corrected chi connectivity index (χ2v) is 7.00. The van der Waals surface area contributed by atoms with Crippen LogP contribution in [0.5, 0.6) is 0 Å². The Morgan fingerprint density at radius 3 is 2.07 bits per heavy atom. The third-order valence-corrected chi connectivity index (χ3v) is 5.04. The Balaban J connectivity index is 1.84. The Morgan fingerprint density at radius 2 is 1.32 bits per heavy atom. The van der Waals surface area contributed by atoms with Crippen molar-refractivity contribution in [2.45, 2.75) is 27.7 Å². The van der Waals surface area contributed by atoms with E-state index in [2.05, 4.69) is 10.6 Å². The second-order valence-electron chi connectivity index (χ2n) is 7.00. The number of carbonyl (C=O) groups excluding carboxylic acids is 2. The normalized spacial score (nSPS) is 10.4. The van der Waals surface area contributed by atoms with Crippen molar-refractivity contribution in [2.75, 3.05) is 10.6 Å². The highest BCUT2D eigenvalue weighted by atomic mass is 16.2. The van der Waals surface area contributed by atoms with Crippen molar-refractivity contribution in [3.05, 3.63) is 94.0 Å². The molecule has 0 aromatic heterocycles. The lowest BCUT2D eigenvalue weighted by Gasteiger charge is -2.14. The zero-order valence-electron chi connectivity index (χ0n) is 16.6. The number of anilines is 2. The maximum Gasteiger partial charge on any atom is 0.257 e. The number of benzene rings is 3. The smallest absolute Gasteiger partial charge is 0.257 e. The first-order valence-corrected chi connectivity index (χ1v) is 9.22. The van der Waals surface area contributed by atoms with Gasteiger partial charge in [-0.1, -0.05) is 30.3 Å². The molecule has 0 saturated carbocycles. The number of nitrogens with one attached hydrogen (secondary N) is 2. The van der Waals surface area contributed by atoms with Gasteiger partial charge in [-0.05, 0) is 80.3 Å². The van der Waals surface area contributed by atoms with Crippen LogP contribution in [0, 0.1) is 27.7 Å². The molecule has 0 aliphatic carbocycles. The van der Waals surface area contributed by atoms with E-state index in [1.165, 1.54) is 0 Å². The molecule has 0 aliphatic rings. The van der Waals surface area contributed by atoms with Crippen molar-refractivity contribution in [1.82, 2.24) is 0 Å². The zero-order chi connectivity index (χ0) is 20.3. The van der Waals surface area contributed by atoms with E-state index in [0.29, 0.717) is 16.8 Å². The lowest BCUT2D eigenvalue weighted by Crippen LogP contribution is -2.18. The molecule has 3 aromatic carbocycles. The number of amides is 2. The number of hydrogen-bond donors (Lipinski definition) is 2. The summed E-state index contributed by atoms with van der Waals surface area (Å²) in [6.07, 6.45) is 0. The van der Waals surface area contributed by atoms with E-state index in [4.69, 9.17) is 0 Å². The highest BCUT2D eigenvalue weighted by Gasteiger charge is 2.15. The van der Waals surface area contributed by atoms with Crippen LogP contribution in [0.4, 0.5) is 11.4 Å². The average Bonchev–Trinajstić information content (AvgIpc) is 2.68. The molecule has 0 heterocycles. The predicted molar refractivity (Wildman–Crippen MR) is 114 cm³/mol. The zero-order valence-corrected chi connectivity index (χ0v) is 16.6. The Bertz CT molecular complexity index is 1050. The summed E-state index contributed by atoms with van der Waals surface area (Å²) in [5, 5.41) is 5.81. The van der Waals surface area contributed by atoms with E-state index in [1.54, 1.807) is 30.3 Å². The maximum atomic E-state index is 12.9. The first kappa shape index (κ1) is 19.4. The van der Waals surface area contributed by atoms with Crippen LogP contribution in [-0.2, 0) is 0 Å².